The van der Waals surface area contributed by atoms with Gasteiger partial charge in [-0.15, -0.1) is 0 Å². The Balaban J connectivity index is 1.67. The lowest BCUT2D eigenvalue weighted by Crippen LogP contribution is -2.38. The molecule has 4 heteroatoms. The largest absolute Gasteiger partial charge is 0.388 e. The van der Waals surface area contributed by atoms with Gasteiger partial charge in [-0.05, 0) is 37.7 Å². The zero-order chi connectivity index (χ0) is 15.6. The highest BCUT2D eigenvalue weighted by Gasteiger charge is 2.19. The Bertz CT molecular complexity index is 443. The number of rotatable bonds is 9. The Morgan fingerprint density at radius 2 is 2.05 bits per heavy atom. The van der Waals surface area contributed by atoms with E-state index in [1.54, 1.807) is 0 Å². The van der Waals surface area contributed by atoms with Crippen LogP contribution in [0.3, 0.4) is 0 Å². The SMILES string of the molecule is CCNC(=NCCCC1CC1)NCCC(O)c1ccccc1. The highest BCUT2D eigenvalue weighted by atomic mass is 16.3. The van der Waals surface area contributed by atoms with Crippen LogP contribution >= 0.6 is 0 Å². The summed E-state index contributed by atoms with van der Waals surface area (Å²) in [4.78, 5) is 4.60. The monoisotopic (exact) mass is 303 g/mol. The first-order chi connectivity index (χ1) is 10.8. The number of hydrogen-bond acceptors (Lipinski definition) is 2. The number of aliphatic hydroxyl groups is 1. The summed E-state index contributed by atoms with van der Waals surface area (Å²) in [6, 6.07) is 9.80. The molecule has 22 heavy (non-hydrogen) atoms. The van der Waals surface area contributed by atoms with Crippen molar-refractivity contribution in [1.82, 2.24) is 10.6 Å². The van der Waals surface area contributed by atoms with Gasteiger partial charge in [-0.25, -0.2) is 0 Å². The van der Waals surface area contributed by atoms with E-state index in [4.69, 9.17) is 0 Å². The van der Waals surface area contributed by atoms with Gasteiger partial charge in [-0.1, -0.05) is 43.2 Å². The van der Waals surface area contributed by atoms with Crippen molar-refractivity contribution >= 4 is 5.96 Å². The van der Waals surface area contributed by atoms with Crippen LogP contribution in [0.5, 0.6) is 0 Å². The smallest absolute Gasteiger partial charge is 0.191 e. The van der Waals surface area contributed by atoms with Gasteiger partial charge in [0.15, 0.2) is 5.96 Å². The first-order valence-electron chi connectivity index (χ1n) is 8.54. The van der Waals surface area contributed by atoms with Crippen molar-refractivity contribution in [2.75, 3.05) is 19.6 Å². The van der Waals surface area contributed by atoms with Crippen LogP contribution in [0.1, 0.15) is 50.7 Å². The maximum absolute atomic E-state index is 10.1. The van der Waals surface area contributed by atoms with E-state index in [1.807, 2.05) is 30.3 Å². The van der Waals surface area contributed by atoms with Crippen LogP contribution in [0.2, 0.25) is 0 Å². The molecule has 4 nitrogen and oxygen atoms in total. The fraction of sp³-hybridized carbons (Fsp3) is 0.611. The molecule has 1 aliphatic rings. The lowest BCUT2D eigenvalue weighted by molar-refractivity contribution is 0.168. The highest BCUT2D eigenvalue weighted by Crippen LogP contribution is 2.33. The second kappa shape index (κ2) is 9.46. The van der Waals surface area contributed by atoms with Gasteiger partial charge < -0.3 is 15.7 Å². The number of hydrogen-bond donors (Lipinski definition) is 3. The number of aliphatic hydroxyl groups excluding tert-OH is 1. The Labute approximate surface area is 134 Å². The normalized spacial score (nSPS) is 16.4. The van der Waals surface area contributed by atoms with Gasteiger partial charge in [0, 0.05) is 19.6 Å². The van der Waals surface area contributed by atoms with E-state index >= 15 is 0 Å². The van der Waals surface area contributed by atoms with Gasteiger partial charge in [0.1, 0.15) is 0 Å². The molecule has 3 N–H and O–H groups in total. The van der Waals surface area contributed by atoms with Crippen molar-refractivity contribution < 1.29 is 5.11 Å². The Morgan fingerprint density at radius 3 is 2.73 bits per heavy atom. The van der Waals surface area contributed by atoms with Crippen LogP contribution in [0.25, 0.3) is 0 Å². The molecule has 0 heterocycles. The highest BCUT2D eigenvalue weighted by molar-refractivity contribution is 5.79. The molecule has 1 unspecified atom stereocenters. The topological polar surface area (TPSA) is 56.7 Å². The number of nitrogens with zero attached hydrogens (tertiary/aromatic N) is 1. The third kappa shape index (κ3) is 6.48. The number of benzene rings is 1. The van der Waals surface area contributed by atoms with Crippen molar-refractivity contribution in [2.24, 2.45) is 10.9 Å². The third-order valence-electron chi connectivity index (χ3n) is 3.98. The van der Waals surface area contributed by atoms with Crippen molar-refractivity contribution in [3.8, 4) is 0 Å². The van der Waals surface area contributed by atoms with Gasteiger partial charge in [0.2, 0.25) is 0 Å². The summed E-state index contributed by atoms with van der Waals surface area (Å²) >= 11 is 0. The van der Waals surface area contributed by atoms with E-state index in [1.165, 1.54) is 25.7 Å². The Kier molecular flexibility index (Phi) is 7.23. The van der Waals surface area contributed by atoms with Crippen molar-refractivity contribution in [1.29, 1.82) is 0 Å². The summed E-state index contributed by atoms with van der Waals surface area (Å²) in [5, 5.41) is 16.7. The predicted molar refractivity (Wildman–Crippen MR) is 92.0 cm³/mol. The number of aliphatic imine (C=N–C) groups is 1. The fourth-order valence-corrected chi connectivity index (χ4v) is 2.49. The van der Waals surface area contributed by atoms with Crippen LogP contribution in [0.15, 0.2) is 35.3 Å². The molecule has 0 bridgehead atoms. The summed E-state index contributed by atoms with van der Waals surface area (Å²) in [5.41, 5.74) is 0.968. The maximum Gasteiger partial charge on any atom is 0.191 e. The quantitative estimate of drug-likeness (QED) is 0.373. The molecule has 1 aromatic rings. The Hall–Kier alpha value is -1.55. The average molecular weight is 303 g/mol. The number of guanidine groups is 1. The van der Waals surface area contributed by atoms with E-state index in [9.17, 15) is 5.11 Å². The summed E-state index contributed by atoms with van der Waals surface area (Å²) < 4.78 is 0. The zero-order valence-corrected chi connectivity index (χ0v) is 13.6. The molecule has 0 saturated heterocycles. The predicted octanol–water partition coefficient (Wildman–Crippen LogP) is 2.86. The first kappa shape index (κ1) is 16.8. The molecule has 1 atom stereocenters. The second-order valence-corrected chi connectivity index (χ2v) is 5.99. The van der Waals surface area contributed by atoms with Crippen LogP contribution in [0.4, 0.5) is 0 Å². The summed E-state index contributed by atoms with van der Waals surface area (Å²) in [6.07, 6.45) is 5.57. The van der Waals surface area contributed by atoms with Gasteiger partial charge in [-0.3, -0.25) is 4.99 Å². The molecule has 0 spiro atoms. The van der Waals surface area contributed by atoms with E-state index in [0.717, 1.165) is 30.5 Å². The minimum absolute atomic E-state index is 0.425. The molecule has 1 aliphatic carbocycles. The summed E-state index contributed by atoms with van der Waals surface area (Å²) in [6.45, 7) is 4.52. The summed E-state index contributed by atoms with van der Waals surface area (Å²) in [5.74, 6) is 1.84. The van der Waals surface area contributed by atoms with Gasteiger partial charge >= 0.3 is 0 Å². The molecule has 1 aromatic carbocycles. The van der Waals surface area contributed by atoms with Crippen LogP contribution in [-0.2, 0) is 0 Å². The molecule has 0 aliphatic heterocycles. The molecule has 122 valence electrons. The van der Waals surface area contributed by atoms with E-state index in [-0.39, 0.29) is 0 Å². The van der Waals surface area contributed by atoms with Crippen molar-refractivity contribution in [2.45, 2.75) is 45.1 Å². The van der Waals surface area contributed by atoms with E-state index in [0.29, 0.717) is 13.0 Å². The lowest BCUT2D eigenvalue weighted by atomic mass is 10.1. The van der Waals surface area contributed by atoms with Crippen LogP contribution in [0, 0.1) is 5.92 Å². The Morgan fingerprint density at radius 1 is 1.27 bits per heavy atom. The van der Waals surface area contributed by atoms with Crippen LogP contribution in [-0.4, -0.2) is 30.7 Å². The van der Waals surface area contributed by atoms with Gasteiger partial charge in [-0.2, -0.15) is 0 Å². The minimum atomic E-state index is -0.425. The standard InChI is InChI=1S/C18H29N3O/c1-2-19-18(20-13-6-7-15-10-11-15)21-14-12-17(22)16-8-4-3-5-9-16/h3-5,8-9,15,17,22H,2,6-7,10-14H2,1H3,(H2,19,20,21). The van der Waals surface area contributed by atoms with Crippen LogP contribution < -0.4 is 10.6 Å². The maximum atomic E-state index is 10.1. The van der Waals surface area contributed by atoms with E-state index < -0.39 is 6.10 Å². The minimum Gasteiger partial charge on any atom is -0.388 e. The molecule has 2 rings (SSSR count). The first-order valence-corrected chi connectivity index (χ1v) is 8.54. The average Bonchev–Trinajstić information content (AvgIpc) is 3.36. The molecule has 0 amide bonds. The van der Waals surface area contributed by atoms with Crippen molar-refractivity contribution in [3.05, 3.63) is 35.9 Å². The van der Waals surface area contributed by atoms with Crippen molar-refractivity contribution in [3.63, 3.8) is 0 Å². The van der Waals surface area contributed by atoms with Gasteiger partial charge in [0.05, 0.1) is 6.10 Å². The third-order valence-corrected chi connectivity index (χ3v) is 3.98. The lowest BCUT2D eigenvalue weighted by Gasteiger charge is -2.14. The molecule has 1 fully saturated rings. The molecule has 0 radical (unpaired) electrons. The molecular formula is C18H29N3O. The zero-order valence-electron chi connectivity index (χ0n) is 13.6. The fourth-order valence-electron chi connectivity index (χ4n) is 2.49. The van der Waals surface area contributed by atoms with Gasteiger partial charge in [0.25, 0.3) is 0 Å². The summed E-state index contributed by atoms with van der Waals surface area (Å²) in [7, 11) is 0. The molecule has 1 saturated carbocycles. The molecule has 0 aromatic heterocycles. The van der Waals surface area contributed by atoms with E-state index in [2.05, 4.69) is 22.5 Å². The molecular weight excluding hydrogens is 274 g/mol. The number of nitrogens with one attached hydrogen (secondary N) is 2. The second-order valence-electron chi connectivity index (χ2n) is 5.99.